The number of carbonyl (C=O) groups is 3. The normalized spacial score (nSPS) is 22.5. The van der Waals surface area contributed by atoms with E-state index in [4.69, 9.17) is 23.3 Å². The van der Waals surface area contributed by atoms with Crippen molar-refractivity contribution in [3.05, 3.63) is 63.5 Å². The van der Waals surface area contributed by atoms with Crippen molar-refractivity contribution in [2.75, 3.05) is 18.5 Å². The Hall–Kier alpha value is -4.27. The molecule has 0 saturated carbocycles. The molecule has 3 rings (SSSR count). The maximum Gasteiger partial charge on any atom is 0.459 e. The van der Waals surface area contributed by atoms with Crippen LogP contribution in [0.1, 0.15) is 54.7 Å². The Balaban J connectivity index is 2.01. The lowest BCUT2D eigenvalue weighted by Gasteiger charge is -2.31. The smallest absolute Gasteiger partial charge is 0.459 e. The second-order valence-electron chi connectivity index (χ2n) is 11.4. The summed E-state index contributed by atoms with van der Waals surface area (Å²) in [6, 6.07) is 8.24. The zero-order chi connectivity index (χ0) is 34.9. The summed E-state index contributed by atoms with van der Waals surface area (Å²) in [6.45, 7) is 10.4. The Morgan fingerprint density at radius 1 is 1.13 bits per heavy atom. The van der Waals surface area contributed by atoms with E-state index in [2.05, 4.69) is 25.4 Å². The summed E-state index contributed by atoms with van der Waals surface area (Å²) < 4.78 is 43.4. The van der Waals surface area contributed by atoms with Gasteiger partial charge in [0.2, 0.25) is 5.91 Å². The van der Waals surface area contributed by atoms with E-state index >= 15 is 0 Å². The number of hydrogen-bond donors (Lipinski definition) is 2. The number of esters is 2. The van der Waals surface area contributed by atoms with Gasteiger partial charge in [-0.05, 0) is 44.5 Å². The van der Waals surface area contributed by atoms with Gasteiger partial charge in [-0.1, -0.05) is 51.0 Å². The van der Waals surface area contributed by atoms with Crippen LogP contribution in [0.5, 0.6) is 5.75 Å². The molecule has 1 aliphatic heterocycles. The highest BCUT2D eigenvalue weighted by molar-refractivity contribution is 7.52. The first-order valence-corrected chi connectivity index (χ1v) is 16.4. The molecule has 1 aromatic carbocycles. The topological polar surface area (TPSA) is 222 Å². The second-order valence-corrected chi connectivity index (χ2v) is 13.1. The molecule has 0 bridgehead atoms. The highest BCUT2D eigenvalue weighted by Gasteiger charge is 2.58. The number of hydrogen-bond acceptors (Lipinski definition) is 12. The molecule has 2 N–H and O–H groups in total. The number of rotatable bonds is 15. The van der Waals surface area contributed by atoms with E-state index in [0.29, 0.717) is 0 Å². The van der Waals surface area contributed by atoms with Gasteiger partial charge in [0.15, 0.2) is 6.23 Å². The van der Waals surface area contributed by atoms with Crippen LogP contribution < -0.4 is 20.6 Å². The summed E-state index contributed by atoms with van der Waals surface area (Å²) in [6.07, 6.45) is -2.80. The van der Waals surface area contributed by atoms with Crippen molar-refractivity contribution in [2.24, 2.45) is 17.0 Å². The molecule has 1 saturated heterocycles. The van der Waals surface area contributed by atoms with Crippen LogP contribution in [0.4, 0.5) is 5.82 Å². The van der Waals surface area contributed by atoms with Crippen molar-refractivity contribution in [3.8, 4) is 5.75 Å². The Kier molecular flexibility index (Phi) is 12.7. The second kappa shape index (κ2) is 16.0. The average Bonchev–Trinajstić information content (AvgIpc) is 3.27. The minimum Gasteiger partial charge on any atom is -0.465 e. The number of azide groups is 1. The van der Waals surface area contributed by atoms with Crippen molar-refractivity contribution < 1.29 is 42.2 Å². The predicted octanol–water partition coefficient (Wildman–Crippen LogP) is 4.12. The lowest BCUT2D eigenvalue weighted by molar-refractivity contribution is -0.158. The van der Waals surface area contributed by atoms with Crippen LogP contribution in [0, 0.1) is 11.8 Å². The largest absolute Gasteiger partial charge is 0.465 e. The van der Waals surface area contributed by atoms with Gasteiger partial charge in [-0.2, -0.15) is 10.1 Å². The van der Waals surface area contributed by atoms with Gasteiger partial charge in [0.05, 0.1) is 19.1 Å². The van der Waals surface area contributed by atoms with Crippen LogP contribution in [-0.4, -0.2) is 64.4 Å². The maximum atomic E-state index is 14.1. The minimum absolute atomic E-state index is 0.0168. The van der Waals surface area contributed by atoms with Gasteiger partial charge in [0.1, 0.15) is 35.4 Å². The fourth-order valence-corrected chi connectivity index (χ4v) is 5.90. The molecule has 2 aromatic rings. The third kappa shape index (κ3) is 9.40. The average molecular weight is 678 g/mol. The van der Waals surface area contributed by atoms with E-state index in [1.807, 2.05) is 0 Å². The van der Waals surface area contributed by atoms with E-state index < -0.39 is 67.9 Å². The lowest BCUT2D eigenvalue weighted by Crippen LogP contribution is -2.47. The molecule has 256 valence electrons. The number of ether oxygens (including phenoxy) is 3. The van der Waals surface area contributed by atoms with Crippen LogP contribution in [0.15, 0.2) is 52.5 Å². The monoisotopic (exact) mass is 677 g/mol. The summed E-state index contributed by atoms with van der Waals surface area (Å²) >= 11 is 0. The Morgan fingerprint density at radius 3 is 2.38 bits per heavy atom. The zero-order valence-corrected chi connectivity index (χ0v) is 28.1. The molecular formula is C29H40N7O10P. The first-order chi connectivity index (χ1) is 22.1. The lowest BCUT2D eigenvalue weighted by atomic mass is 9.92. The number of anilines is 1. The van der Waals surface area contributed by atoms with Crippen molar-refractivity contribution in [3.63, 3.8) is 0 Å². The Morgan fingerprint density at radius 2 is 1.81 bits per heavy atom. The predicted molar refractivity (Wildman–Crippen MR) is 168 cm³/mol. The van der Waals surface area contributed by atoms with Crippen LogP contribution in [-0.2, 0) is 37.7 Å². The van der Waals surface area contributed by atoms with Gasteiger partial charge in [-0.25, -0.2) is 9.36 Å². The van der Waals surface area contributed by atoms with Crippen molar-refractivity contribution >= 4 is 31.4 Å². The molecule has 1 aliphatic rings. The summed E-state index contributed by atoms with van der Waals surface area (Å²) in [5.41, 5.74) is 6.90. The molecule has 1 amide bonds. The van der Waals surface area contributed by atoms with E-state index in [1.165, 1.54) is 38.2 Å². The van der Waals surface area contributed by atoms with Crippen molar-refractivity contribution in [1.29, 1.82) is 0 Å². The van der Waals surface area contributed by atoms with Gasteiger partial charge in [-0.3, -0.25) is 23.5 Å². The summed E-state index contributed by atoms with van der Waals surface area (Å²) in [4.78, 5) is 57.4. The molecule has 1 fully saturated rings. The fourth-order valence-electron chi connectivity index (χ4n) is 4.39. The summed E-state index contributed by atoms with van der Waals surface area (Å²) in [5.74, 6) is -2.62. The molecule has 0 aliphatic carbocycles. The van der Waals surface area contributed by atoms with E-state index in [-0.39, 0.29) is 30.0 Å². The fraction of sp³-hybridized carbons (Fsp3) is 0.552. The maximum absolute atomic E-state index is 14.1. The van der Waals surface area contributed by atoms with Gasteiger partial charge >= 0.3 is 25.4 Å². The molecule has 2 heterocycles. The number of nitrogens with one attached hydrogen (secondary N) is 2. The van der Waals surface area contributed by atoms with Crippen LogP contribution in [0.25, 0.3) is 10.4 Å². The molecule has 1 unspecified atom stereocenters. The number of benzene rings is 1. The Bertz CT molecular complexity index is 1580. The van der Waals surface area contributed by atoms with Gasteiger partial charge in [0, 0.05) is 17.0 Å². The van der Waals surface area contributed by atoms with Gasteiger partial charge in [-0.15, -0.1) is 0 Å². The third-order valence-corrected chi connectivity index (χ3v) is 8.56. The first kappa shape index (κ1) is 37.2. The molecular weight excluding hydrogens is 637 g/mol. The SMILES string of the molecule is CCOC(=O)[C@H](C)NP(=O)(OC[C@H]1O[C@@H](n2ccc(NC(=O)C(C)C)nc2=O)[C@](C)(N=[N+]=[N-])[C@@H]1OC(=O)C(C)C)Oc1ccccc1. The number of aromatic nitrogens is 2. The van der Waals surface area contributed by atoms with Gasteiger partial charge < -0.3 is 24.1 Å². The third-order valence-electron chi connectivity index (χ3n) is 6.92. The van der Waals surface area contributed by atoms with E-state index in [9.17, 15) is 29.3 Å². The number of amides is 1. The molecule has 17 nitrogen and oxygen atoms in total. The first-order valence-electron chi connectivity index (χ1n) is 14.9. The highest BCUT2D eigenvalue weighted by atomic mass is 31.2. The molecule has 18 heteroatoms. The molecule has 47 heavy (non-hydrogen) atoms. The number of para-hydroxylation sites is 1. The summed E-state index contributed by atoms with van der Waals surface area (Å²) in [5, 5.41) is 8.96. The highest BCUT2D eigenvalue weighted by Crippen LogP contribution is 2.48. The van der Waals surface area contributed by atoms with Crippen LogP contribution in [0.2, 0.25) is 0 Å². The molecule has 0 radical (unpaired) electrons. The zero-order valence-electron chi connectivity index (χ0n) is 27.2. The number of carbonyl (C=O) groups excluding carboxylic acids is 3. The van der Waals surface area contributed by atoms with E-state index in [0.717, 1.165) is 4.57 Å². The van der Waals surface area contributed by atoms with Crippen molar-refractivity contribution in [2.45, 2.75) is 78.5 Å². The molecule has 0 spiro atoms. The molecule has 1 aromatic heterocycles. The van der Waals surface area contributed by atoms with Crippen LogP contribution >= 0.6 is 7.75 Å². The van der Waals surface area contributed by atoms with Gasteiger partial charge in [0.25, 0.3) is 0 Å². The van der Waals surface area contributed by atoms with Crippen LogP contribution in [0.3, 0.4) is 0 Å². The van der Waals surface area contributed by atoms with E-state index in [1.54, 1.807) is 52.8 Å². The standard InChI is InChI=1S/C29H40N7O10P/c1-8-42-26(39)19(6)33-47(41,46-20-12-10-9-11-13-20)43-16-21-23(45-25(38)18(4)5)29(7,34-35-30)27(44-21)36-15-14-22(32-28(36)40)31-24(37)17(2)3/h9-15,17-19,21,23,27H,8,16H2,1-7H3,(H,33,41)(H,31,32,37,40)/t19-,21+,23+,27+,29+,47?/m0/s1. The Labute approximate surface area is 271 Å². The summed E-state index contributed by atoms with van der Waals surface area (Å²) in [7, 11) is -4.39. The quantitative estimate of drug-likeness (QED) is 0.0893. The number of nitrogens with zero attached hydrogens (tertiary/aromatic N) is 5. The molecule has 6 atom stereocenters. The minimum atomic E-state index is -4.39. The van der Waals surface area contributed by atoms with Crippen molar-refractivity contribution in [1.82, 2.24) is 14.6 Å².